The van der Waals surface area contributed by atoms with E-state index in [0.29, 0.717) is 69.0 Å². The first kappa shape index (κ1) is 90.9. The van der Waals surface area contributed by atoms with Crippen LogP contribution in [0.2, 0.25) is 0 Å². The van der Waals surface area contributed by atoms with Gasteiger partial charge in [0.1, 0.15) is 85.4 Å². The summed E-state index contributed by atoms with van der Waals surface area (Å²) in [5, 5.41) is 0. The van der Waals surface area contributed by atoms with Gasteiger partial charge >= 0.3 is 21.2 Å². The van der Waals surface area contributed by atoms with Crippen molar-refractivity contribution >= 4 is 70.7 Å². The van der Waals surface area contributed by atoms with Gasteiger partial charge in [0, 0.05) is 0 Å². The van der Waals surface area contributed by atoms with Gasteiger partial charge in [-0.25, -0.2) is 33.7 Å². The summed E-state index contributed by atoms with van der Waals surface area (Å²) in [7, 11) is -23.4. The molecule has 0 aliphatic heterocycles. The summed E-state index contributed by atoms with van der Waals surface area (Å²) in [6.45, 7) is 3.96. The second kappa shape index (κ2) is 40.3. The fraction of sp³-hybridized carbons (Fsp3) is 0.0426. The highest BCUT2D eigenvalue weighted by Crippen LogP contribution is 2.39. The molecule has 15 rings (SSSR count). The number of methoxy groups -OCH3 is 2. The highest BCUT2D eigenvalue weighted by Gasteiger charge is 2.27. The Labute approximate surface area is 730 Å². The van der Waals surface area contributed by atoms with Crippen molar-refractivity contribution in [2.45, 2.75) is 57.9 Å². The summed E-state index contributed by atoms with van der Waals surface area (Å²) in [6, 6.07) is 98.9. The van der Waals surface area contributed by atoms with Crippen molar-refractivity contribution in [1.29, 1.82) is 0 Å². The highest BCUT2D eigenvalue weighted by molar-refractivity contribution is 7.92. The molecule has 0 aliphatic carbocycles. The maximum Gasteiger partial charge on any atom is 0.425 e. The lowest BCUT2D eigenvalue weighted by Crippen LogP contribution is -2.06. The fourth-order valence-corrected chi connectivity index (χ4v) is 18.0. The maximum absolute atomic E-state index is 13.5. The Kier molecular flexibility index (Phi) is 29.1. The zero-order valence-electron chi connectivity index (χ0n) is 66.7. The number of hydrogen-bond donors (Lipinski definition) is 1. The van der Waals surface area contributed by atoms with Gasteiger partial charge < -0.3 is 37.9 Å². The molecule has 0 radical (unpaired) electrons. The summed E-state index contributed by atoms with van der Waals surface area (Å²) in [5.74, 6) is 6.50. The molecule has 640 valence electrons. The second-order valence-corrected chi connectivity index (χ2v) is 37.1. The molecule has 0 saturated carbocycles. The molecule has 0 aromatic heterocycles. The van der Waals surface area contributed by atoms with E-state index in [9.17, 15) is 46.6 Å². The molecule has 0 amide bonds. The van der Waals surface area contributed by atoms with Crippen molar-refractivity contribution in [3.05, 3.63) is 369 Å². The molecule has 126 heavy (non-hydrogen) atoms. The molecule has 1 N–H and O–H groups in total. The number of benzene rings is 15. The van der Waals surface area contributed by atoms with Gasteiger partial charge in [-0.1, -0.05) is 108 Å². The van der Waals surface area contributed by atoms with Crippen LogP contribution in [0.3, 0.4) is 0 Å². The summed E-state index contributed by atoms with van der Waals surface area (Å²) < 4.78 is 237. The molecule has 0 atom stereocenters. The molecule has 0 fully saturated rings. The smallest absolute Gasteiger partial charge is 0.425 e. The molecule has 15 aromatic carbocycles. The first-order chi connectivity index (χ1) is 60.2. The van der Waals surface area contributed by atoms with E-state index in [1.54, 1.807) is 165 Å². The second-order valence-electron chi connectivity index (χ2n) is 27.1. The Morgan fingerprint density at radius 3 is 0.571 bits per heavy atom. The standard InChI is InChI=1S/C50H38O11S3.C44H34O8S2.2O3S/c1-34-3-5-35(6-4-34)36-7-13-40(14-8-36)59-42-21-27-45(28-22-42)62(51,52)46-29-23-43(24-30-46)60-41-15-9-37(10-16-41)38-11-17-44(18-12-38)61-49-32-31-48(33-50(49)64(55,56)57)63(53,54)47-25-19-39(58-2)20-26-47;1-31-3-23-41(24-4-31)53(45,46)42-25-17-38(18-26-42)50-35-9-5-32(6-10-35)33-7-11-36(12-8-33)51-39-19-27-43(28-20-39)54(47,48)44-29-21-40(22-30-44)52-37-15-13-34(49-2)14-16-37;2*1-4(2)3/h3-33H,1-2H3,(H,55,56,57);3-30H,1-2H3;;. The first-order valence-corrected chi connectivity index (χ1v) is 46.7. The zero-order valence-corrected chi connectivity index (χ0v) is 72.4. The van der Waals surface area contributed by atoms with Crippen molar-refractivity contribution in [3.8, 4) is 114 Å². The van der Waals surface area contributed by atoms with Crippen LogP contribution in [0.25, 0.3) is 33.4 Å². The van der Waals surface area contributed by atoms with Crippen LogP contribution in [0, 0.1) is 13.8 Å². The average Bonchev–Trinajstić information content (AvgIpc) is 0.776. The number of aryl methyl sites for hydroxylation is 2. The van der Waals surface area contributed by atoms with Gasteiger partial charge in [0.25, 0.3) is 10.1 Å². The summed E-state index contributed by atoms with van der Waals surface area (Å²) in [4.78, 5) is -0.209. The van der Waals surface area contributed by atoms with E-state index in [-0.39, 0.29) is 50.7 Å². The van der Waals surface area contributed by atoms with Crippen LogP contribution in [0.4, 0.5) is 0 Å². The third-order valence-electron chi connectivity index (χ3n) is 18.7. The minimum atomic E-state index is -4.90. The first-order valence-electron chi connectivity index (χ1n) is 37.3. The molecule has 0 saturated heterocycles. The number of ether oxygens (including phenoxy) is 8. The van der Waals surface area contributed by atoms with E-state index >= 15 is 0 Å². The van der Waals surface area contributed by atoms with Gasteiger partial charge in [0.05, 0.1) is 53.4 Å². The lowest BCUT2D eigenvalue weighted by molar-refractivity contribution is 0.413. The van der Waals surface area contributed by atoms with Gasteiger partial charge in [0.15, 0.2) is 0 Å². The molecule has 32 heteroatoms. The van der Waals surface area contributed by atoms with E-state index in [2.05, 4.69) is 24.3 Å². The molecular weight excluding hydrogens is 1750 g/mol. The number of rotatable bonds is 26. The summed E-state index contributed by atoms with van der Waals surface area (Å²) >= 11 is 0. The normalized spacial score (nSPS) is 11.2. The SMILES string of the molecule is COc1ccc(Oc2ccc(S(=O)(=O)c3ccc(Oc4ccc(-c5ccc(Oc6ccc(S(=O)(=O)c7ccc(C)cc7)cc6)cc5)cc4)cc3)cc2)cc1.COc1ccc(S(=O)(=O)c2ccc(Oc3ccc(-c4ccc(Oc5ccc(S(=O)(=O)c6ccc(Oc7ccc(-c8ccc(C)cc8)cc7)cc6)cc5)cc4)cc3)c(S(=O)(=O)O)c2)cc1.O=S(=O)=O.O=S(=O)=O. The minimum Gasteiger partial charge on any atom is -0.497 e. The lowest BCUT2D eigenvalue weighted by atomic mass is 10.0. The molecule has 15 aromatic rings. The number of sulfone groups is 4. The number of hydrogen-bond acceptors (Lipinski definition) is 24. The van der Waals surface area contributed by atoms with Crippen molar-refractivity contribution in [1.82, 2.24) is 0 Å². The van der Waals surface area contributed by atoms with Crippen LogP contribution >= 0.6 is 0 Å². The molecule has 25 nitrogen and oxygen atoms in total. The Morgan fingerprint density at radius 1 is 0.206 bits per heavy atom. The Morgan fingerprint density at radius 2 is 0.357 bits per heavy atom. The molecule has 0 bridgehead atoms. The minimum absolute atomic E-state index is 0.0940. The van der Waals surface area contributed by atoms with E-state index < -0.39 is 75.6 Å². The van der Waals surface area contributed by atoms with Gasteiger partial charge in [-0.3, -0.25) is 4.55 Å². The monoisotopic (exact) mass is 1820 g/mol. The van der Waals surface area contributed by atoms with Crippen molar-refractivity contribution in [2.75, 3.05) is 14.2 Å². The molecule has 0 unspecified atom stereocenters. The Hall–Kier alpha value is -14.4. The molecule has 0 aliphatic rings. The fourth-order valence-electron chi connectivity index (χ4n) is 12.2. The molecule has 0 heterocycles. The van der Waals surface area contributed by atoms with Crippen LogP contribution in [-0.4, -0.2) is 86.1 Å². The van der Waals surface area contributed by atoms with Gasteiger partial charge in [-0.2, -0.15) is 8.42 Å². The van der Waals surface area contributed by atoms with Crippen LogP contribution < -0.4 is 37.9 Å². The third-order valence-corrected chi connectivity index (χ3v) is 26.7. The van der Waals surface area contributed by atoms with E-state index in [4.69, 9.17) is 63.1 Å². The summed E-state index contributed by atoms with van der Waals surface area (Å²) in [6.07, 6.45) is 0. The van der Waals surface area contributed by atoms with Crippen LogP contribution in [0.5, 0.6) is 80.5 Å². The van der Waals surface area contributed by atoms with E-state index in [1.807, 2.05) is 98.8 Å². The molecule has 0 spiro atoms. The van der Waals surface area contributed by atoms with Gasteiger partial charge in [-0.15, -0.1) is 25.3 Å². The highest BCUT2D eigenvalue weighted by atomic mass is 32.2. The third kappa shape index (κ3) is 23.9. The predicted octanol–water partition coefficient (Wildman–Crippen LogP) is 20.3. The van der Waals surface area contributed by atoms with Gasteiger partial charge in [0.2, 0.25) is 39.3 Å². The summed E-state index contributed by atoms with van der Waals surface area (Å²) in [5.41, 5.74) is 7.87. The quantitative estimate of drug-likeness (QED) is 0.0492. The van der Waals surface area contributed by atoms with E-state index in [1.165, 1.54) is 97.6 Å². The Balaban J connectivity index is 0.000000214. The van der Waals surface area contributed by atoms with E-state index in [0.717, 1.165) is 45.0 Å². The van der Waals surface area contributed by atoms with Crippen molar-refractivity contribution in [3.63, 3.8) is 0 Å². The van der Waals surface area contributed by atoms with Crippen LogP contribution in [0.1, 0.15) is 11.1 Å². The van der Waals surface area contributed by atoms with Crippen LogP contribution in [-0.2, 0) is 70.7 Å². The lowest BCUT2D eigenvalue weighted by Gasteiger charge is -2.13. The van der Waals surface area contributed by atoms with Gasteiger partial charge in [-0.05, 0) is 308 Å². The zero-order chi connectivity index (χ0) is 89.9. The largest absolute Gasteiger partial charge is 0.497 e. The topological polar surface area (TPSA) is 367 Å². The van der Waals surface area contributed by atoms with Crippen LogP contribution in [0.15, 0.2) is 402 Å². The average molecular weight is 1830 g/mol. The van der Waals surface area contributed by atoms with Crippen molar-refractivity contribution < 1.29 is 110 Å². The van der Waals surface area contributed by atoms with Crippen molar-refractivity contribution in [2.24, 2.45) is 0 Å². The maximum atomic E-state index is 13.5. The predicted molar refractivity (Wildman–Crippen MR) is 468 cm³/mol. The Bertz CT molecular complexity index is 7160. The molecular formula is C94H72O25S7.